The van der Waals surface area contributed by atoms with Crippen LogP contribution in [0.4, 0.5) is 0 Å². The van der Waals surface area contributed by atoms with E-state index < -0.39 is 0 Å². The number of hydrogen-bond donors (Lipinski definition) is 2. The number of aliphatic hydroxyl groups excluding tert-OH is 1. The normalized spacial score (nSPS) is 13.9. The monoisotopic (exact) mass is 504 g/mol. The highest BCUT2D eigenvalue weighted by molar-refractivity contribution is 9.10. The van der Waals surface area contributed by atoms with Gasteiger partial charge in [-0.2, -0.15) is 0 Å². The highest BCUT2D eigenvalue weighted by Gasteiger charge is 2.15. The number of imidazole rings is 1. The Kier molecular flexibility index (Phi) is 8.66. The van der Waals surface area contributed by atoms with Crippen molar-refractivity contribution in [2.24, 2.45) is 0 Å². The summed E-state index contributed by atoms with van der Waals surface area (Å²) < 4.78 is 2.97. The van der Waals surface area contributed by atoms with Gasteiger partial charge < -0.3 is 5.11 Å². The summed E-state index contributed by atoms with van der Waals surface area (Å²) in [6.07, 6.45) is 6.16. The average molecular weight is 506 g/mol. The summed E-state index contributed by atoms with van der Waals surface area (Å²) in [6, 6.07) is 13.6. The van der Waals surface area contributed by atoms with Crippen molar-refractivity contribution in [3.63, 3.8) is 0 Å². The lowest BCUT2D eigenvalue weighted by Crippen LogP contribution is -2.40. The maximum absolute atomic E-state index is 9.92. The second kappa shape index (κ2) is 11.4. The SMILES string of the molecule is Cc1cc(Cl)ccc1-c1ncc(CO)n1-c1ccc(Br)cc1.O=CNN1CCCCC1. The van der Waals surface area contributed by atoms with Crippen LogP contribution < -0.4 is 5.43 Å². The fourth-order valence-corrected chi connectivity index (χ4v) is 4.03. The predicted octanol–water partition coefficient (Wildman–Crippen LogP) is 4.89. The van der Waals surface area contributed by atoms with Gasteiger partial charge in [0.25, 0.3) is 0 Å². The molecular formula is C23H26BrClN4O2. The Balaban J connectivity index is 0.000000254. The van der Waals surface area contributed by atoms with Gasteiger partial charge in [-0.1, -0.05) is 34.0 Å². The predicted molar refractivity (Wildman–Crippen MR) is 127 cm³/mol. The number of aliphatic hydroxyl groups is 1. The largest absolute Gasteiger partial charge is 0.390 e. The Morgan fingerprint density at radius 3 is 2.48 bits per heavy atom. The molecule has 31 heavy (non-hydrogen) atoms. The standard InChI is InChI=1S/C17H14BrClN2O.C6H12N2O/c1-11-8-13(19)4-7-16(11)17-20-9-15(10-22)21(17)14-5-2-12(18)3-6-14;9-6-7-8-4-2-1-3-5-8/h2-9,22H,10H2,1H3;6H,1-5H2,(H,7,9). The molecule has 4 rings (SSSR count). The summed E-state index contributed by atoms with van der Waals surface area (Å²) in [7, 11) is 0. The number of rotatable bonds is 5. The molecule has 8 heteroatoms. The van der Waals surface area contributed by atoms with Crippen molar-refractivity contribution in [2.75, 3.05) is 13.1 Å². The molecule has 0 spiro atoms. The molecule has 0 unspecified atom stereocenters. The molecule has 0 saturated carbocycles. The Morgan fingerprint density at radius 1 is 1.16 bits per heavy atom. The molecule has 6 nitrogen and oxygen atoms in total. The number of halogens is 2. The van der Waals surface area contributed by atoms with E-state index in [0.29, 0.717) is 5.02 Å². The van der Waals surface area contributed by atoms with Gasteiger partial charge in [-0.05, 0) is 67.8 Å². The molecule has 164 valence electrons. The molecule has 1 fully saturated rings. The number of nitrogens with zero attached hydrogens (tertiary/aromatic N) is 3. The molecule has 2 heterocycles. The van der Waals surface area contributed by atoms with Gasteiger partial charge >= 0.3 is 0 Å². The summed E-state index contributed by atoms with van der Waals surface area (Å²) in [5.74, 6) is 0.792. The van der Waals surface area contributed by atoms with Crippen molar-refractivity contribution in [1.29, 1.82) is 0 Å². The van der Waals surface area contributed by atoms with Crippen molar-refractivity contribution in [1.82, 2.24) is 20.0 Å². The van der Waals surface area contributed by atoms with E-state index in [1.807, 2.05) is 59.0 Å². The Labute approximate surface area is 196 Å². The molecular weight excluding hydrogens is 480 g/mol. The van der Waals surface area contributed by atoms with Crippen LogP contribution in [0.25, 0.3) is 17.1 Å². The molecule has 0 bridgehead atoms. The topological polar surface area (TPSA) is 70.4 Å². The second-order valence-corrected chi connectivity index (χ2v) is 8.65. The van der Waals surface area contributed by atoms with E-state index in [1.54, 1.807) is 6.20 Å². The van der Waals surface area contributed by atoms with Crippen LogP contribution >= 0.6 is 27.5 Å². The minimum absolute atomic E-state index is 0.0737. The quantitative estimate of drug-likeness (QED) is 0.485. The number of hydrazine groups is 1. The van der Waals surface area contributed by atoms with Crippen LogP contribution in [-0.2, 0) is 11.4 Å². The van der Waals surface area contributed by atoms with E-state index >= 15 is 0 Å². The zero-order valence-electron chi connectivity index (χ0n) is 17.4. The van der Waals surface area contributed by atoms with Gasteiger partial charge in [0.2, 0.25) is 6.41 Å². The molecule has 0 aliphatic carbocycles. The van der Waals surface area contributed by atoms with Crippen LogP contribution in [0.2, 0.25) is 5.02 Å². The molecule has 0 atom stereocenters. The number of carbonyl (C=O) groups is 1. The van der Waals surface area contributed by atoms with E-state index in [4.69, 9.17) is 11.6 Å². The number of piperidine rings is 1. The first-order valence-corrected chi connectivity index (χ1v) is 11.3. The smallest absolute Gasteiger partial charge is 0.221 e. The van der Waals surface area contributed by atoms with Gasteiger partial charge in [-0.25, -0.2) is 9.99 Å². The Morgan fingerprint density at radius 2 is 1.87 bits per heavy atom. The first-order valence-electron chi connectivity index (χ1n) is 10.2. The van der Waals surface area contributed by atoms with Gasteiger partial charge in [-0.3, -0.25) is 14.8 Å². The number of aryl methyl sites for hydroxylation is 1. The van der Waals surface area contributed by atoms with E-state index in [9.17, 15) is 9.90 Å². The lowest BCUT2D eigenvalue weighted by atomic mass is 10.1. The summed E-state index contributed by atoms with van der Waals surface area (Å²) in [5.41, 5.74) is 6.37. The summed E-state index contributed by atoms with van der Waals surface area (Å²) >= 11 is 9.48. The lowest BCUT2D eigenvalue weighted by molar-refractivity contribution is -0.114. The maximum atomic E-state index is 9.92. The molecule has 1 saturated heterocycles. The number of hydrogen-bond acceptors (Lipinski definition) is 4. The van der Waals surface area contributed by atoms with E-state index in [1.165, 1.54) is 19.3 Å². The number of carbonyl (C=O) groups excluding carboxylic acids is 1. The second-order valence-electron chi connectivity index (χ2n) is 7.30. The first kappa shape index (κ1) is 23.5. The third-order valence-electron chi connectivity index (χ3n) is 5.10. The number of aromatic nitrogens is 2. The zero-order chi connectivity index (χ0) is 22.2. The first-order chi connectivity index (χ1) is 15.0. The van der Waals surface area contributed by atoms with Crippen molar-refractivity contribution >= 4 is 33.9 Å². The third kappa shape index (κ3) is 6.17. The summed E-state index contributed by atoms with van der Waals surface area (Å²) in [4.78, 5) is 14.4. The highest BCUT2D eigenvalue weighted by atomic mass is 79.9. The van der Waals surface area contributed by atoms with E-state index in [0.717, 1.165) is 52.3 Å². The van der Waals surface area contributed by atoms with E-state index in [2.05, 4.69) is 26.3 Å². The molecule has 1 aliphatic rings. The van der Waals surface area contributed by atoms with Gasteiger partial charge in [0, 0.05) is 33.8 Å². The minimum atomic E-state index is -0.0737. The van der Waals surface area contributed by atoms with Crippen LogP contribution in [0.15, 0.2) is 53.1 Å². The van der Waals surface area contributed by atoms with Crippen molar-refractivity contribution in [3.05, 3.63) is 69.4 Å². The number of nitrogens with one attached hydrogen (secondary N) is 1. The van der Waals surface area contributed by atoms with Crippen LogP contribution in [-0.4, -0.2) is 39.2 Å². The fraction of sp³-hybridized carbons (Fsp3) is 0.304. The zero-order valence-corrected chi connectivity index (χ0v) is 19.7. The third-order valence-corrected chi connectivity index (χ3v) is 5.87. The Bertz CT molecular complexity index is 1000. The van der Waals surface area contributed by atoms with Gasteiger partial charge in [0.15, 0.2) is 0 Å². The maximum Gasteiger partial charge on any atom is 0.221 e. The average Bonchev–Trinajstić information content (AvgIpc) is 3.19. The van der Waals surface area contributed by atoms with Crippen molar-refractivity contribution < 1.29 is 9.90 Å². The number of amides is 1. The molecule has 1 aromatic heterocycles. The van der Waals surface area contributed by atoms with E-state index in [-0.39, 0.29) is 6.61 Å². The molecule has 0 radical (unpaired) electrons. The van der Waals surface area contributed by atoms with Crippen molar-refractivity contribution in [2.45, 2.75) is 32.8 Å². The van der Waals surface area contributed by atoms with Crippen LogP contribution in [0, 0.1) is 6.92 Å². The molecule has 3 aromatic rings. The van der Waals surface area contributed by atoms with Gasteiger partial charge in [0.1, 0.15) is 5.82 Å². The molecule has 1 amide bonds. The minimum Gasteiger partial charge on any atom is -0.390 e. The molecule has 2 N–H and O–H groups in total. The van der Waals surface area contributed by atoms with Gasteiger partial charge in [-0.15, -0.1) is 0 Å². The fourth-order valence-electron chi connectivity index (χ4n) is 3.54. The van der Waals surface area contributed by atoms with Crippen molar-refractivity contribution in [3.8, 4) is 17.1 Å². The number of benzene rings is 2. The Hall–Kier alpha value is -2.19. The van der Waals surface area contributed by atoms with Crippen LogP contribution in [0.1, 0.15) is 30.5 Å². The summed E-state index contributed by atoms with van der Waals surface area (Å²) in [6.45, 7) is 3.95. The molecule has 1 aliphatic heterocycles. The van der Waals surface area contributed by atoms with Crippen LogP contribution in [0.5, 0.6) is 0 Å². The summed E-state index contributed by atoms with van der Waals surface area (Å²) in [5, 5.41) is 12.3. The van der Waals surface area contributed by atoms with Crippen LogP contribution in [0.3, 0.4) is 0 Å². The lowest BCUT2D eigenvalue weighted by Gasteiger charge is -2.24. The molecule has 2 aromatic carbocycles. The van der Waals surface area contributed by atoms with Gasteiger partial charge in [0.05, 0.1) is 18.5 Å². The highest BCUT2D eigenvalue weighted by Crippen LogP contribution is 2.29.